The van der Waals surface area contributed by atoms with Crippen molar-refractivity contribution < 1.29 is 13.6 Å². The zero-order chi connectivity index (χ0) is 10.9. The summed E-state index contributed by atoms with van der Waals surface area (Å²) in [5, 5.41) is -0.128. The van der Waals surface area contributed by atoms with Gasteiger partial charge in [-0.15, -0.1) is 0 Å². The predicted molar refractivity (Wildman–Crippen MR) is 47.5 cm³/mol. The molecule has 0 aliphatic rings. The Hall–Kier alpha value is -1.23. The number of aromatic nitrogens is 1. The quantitative estimate of drug-likeness (QED) is 0.776. The lowest BCUT2D eigenvalue weighted by molar-refractivity contribution is 0.0995. The van der Waals surface area contributed by atoms with Gasteiger partial charge in [0.1, 0.15) is 10.8 Å². The Morgan fingerprint density at radius 3 is 2.64 bits per heavy atom. The summed E-state index contributed by atoms with van der Waals surface area (Å²) < 4.78 is 24.8. The van der Waals surface area contributed by atoms with Gasteiger partial charge in [-0.3, -0.25) is 4.79 Å². The molecule has 3 nitrogen and oxygen atoms in total. The molecule has 6 heteroatoms. The summed E-state index contributed by atoms with van der Waals surface area (Å²) in [6.07, 6.45) is -2.70. The van der Waals surface area contributed by atoms with Crippen molar-refractivity contribution in [2.24, 2.45) is 5.73 Å². The van der Waals surface area contributed by atoms with Crippen molar-refractivity contribution in [3.63, 3.8) is 0 Å². The maximum Gasteiger partial charge on any atom is 0.267 e. The monoisotopic (exact) mass is 220 g/mol. The molecule has 0 aliphatic carbocycles. The van der Waals surface area contributed by atoms with Crippen LogP contribution in [-0.2, 0) is 0 Å². The first-order valence-electron chi connectivity index (χ1n) is 3.68. The fourth-order valence-electron chi connectivity index (χ4n) is 0.949. The van der Waals surface area contributed by atoms with Gasteiger partial charge in [-0.05, 0) is 18.6 Å². The van der Waals surface area contributed by atoms with Crippen LogP contribution in [0, 0.1) is 6.92 Å². The Morgan fingerprint density at radius 2 is 2.21 bits per heavy atom. The molecule has 1 aromatic rings. The van der Waals surface area contributed by atoms with Crippen LogP contribution < -0.4 is 5.73 Å². The molecular weight excluding hydrogens is 214 g/mol. The Kier molecular flexibility index (Phi) is 3.00. The van der Waals surface area contributed by atoms with E-state index in [2.05, 4.69) is 4.98 Å². The molecule has 0 aliphatic heterocycles. The molecule has 0 saturated heterocycles. The number of nitrogens with two attached hydrogens (primary N) is 1. The number of primary amides is 1. The van der Waals surface area contributed by atoms with Gasteiger partial charge in [-0.1, -0.05) is 11.6 Å². The molecule has 0 atom stereocenters. The minimum Gasteiger partial charge on any atom is -0.364 e. The molecule has 1 rings (SSSR count). The fourth-order valence-corrected chi connectivity index (χ4v) is 1.15. The number of amides is 1. The Labute approximate surface area is 83.9 Å². The summed E-state index contributed by atoms with van der Waals surface area (Å²) in [5.74, 6) is -0.881. The van der Waals surface area contributed by atoms with Crippen LogP contribution in [0.15, 0.2) is 6.07 Å². The van der Waals surface area contributed by atoms with Gasteiger partial charge in [0.2, 0.25) is 0 Å². The number of rotatable bonds is 2. The fraction of sp³-hybridized carbons (Fsp3) is 0.250. The molecule has 0 saturated carbocycles. The third-order valence-corrected chi connectivity index (χ3v) is 2.11. The molecule has 14 heavy (non-hydrogen) atoms. The molecule has 1 aromatic heterocycles. The minimum atomic E-state index is -2.70. The van der Waals surface area contributed by atoms with Gasteiger partial charge in [0.05, 0.1) is 0 Å². The van der Waals surface area contributed by atoms with Crippen LogP contribution in [0.4, 0.5) is 8.78 Å². The van der Waals surface area contributed by atoms with E-state index in [0.29, 0.717) is 0 Å². The average Bonchev–Trinajstić information content (AvgIpc) is 2.08. The Balaban J connectivity index is 3.35. The highest BCUT2D eigenvalue weighted by Gasteiger charge is 2.17. The second-order valence-corrected chi connectivity index (χ2v) is 3.04. The van der Waals surface area contributed by atoms with Crippen LogP contribution in [0.5, 0.6) is 0 Å². The standard InChI is InChI=1S/C8H7ClF2N2O/c1-3-4(7(10)11)2-5(8(12)14)13-6(3)9/h2,7H,1H3,(H2,12,14). The van der Waals surface area contributed by atoms with Crippen molar-refractivity contribution >= 4 is 17.5 Å². The molecule has 76 valence electrons. The third kappa shape index (κ3) is 1.98. The topological polar surface area (TPSA) is 56.0 Å². The van der Waals surface area contributed by atoms with E-state index in [9.17, 15) is 13.6 Å². The number of alkyl halides is 2. The van der Waals surface area contributed by atoms with Crippen molar-refractivity contribution in [3.8, 4) is 0 Å². The second kappa shape index (κ2) is 3.88. The lowest BCUT2D eigenvalue weighted by Crippen LogP contribution is -2.14. The minimum absolute atomic E-state index is 0.128. The number of carbonyl (C=O) groups is 1. The Bertz CT molecular complexity index is 382. The smallest absolute Gasteiger partial charge is 0.267 e. The summed E-state index contributed by atoms with van der Waals surface area (Å²) >= 11 is 5.55. The molecule has 0 aromatic carbocycles. The maximum atomic E-state index is 12.4. The highest BCUT2D eigenvalue weighted by atomic mass is 35.5. The second-order valence-electron chi connectivity index (χ2n) is 2.68. The van der Waals surface area contributed by atoms with Gasteiger partial charge in [0, 0.05) is 5.56 Å². The number of halogens is 3. The Morgan fingerprint density at radius 1 is 1.64 bits per heavy atom. The number of hydrogen-bond donors (Lipinski definition) is 1. The predicted octanol–water partition coefficient (Wildman–Crippen LogP) is 2.08. The van der Waals surface area contributed by atoms with Crippen LogP contribution in [0.2, 0.25) is 5.15 Å². The van der Waals surface area contributed by atoms with Gasteiger partial charge >= 0.3 is 0 Å². The third-order valence-electron chi connectivity index (χ3n) is 1.74. The van der Waals surface area contributed by atoms with Crippen molar-refractivity contribution in [1.82, 2.24) is 4.98 Å². The molecule has 1 heterocycles. The molecule has 2 N–H and O–H groups in total. The summed E-state index contributed by atoms with van der Waals surface area (Å²) in [7, 11) is 0. The van der Waals surface area contributed by atoms with E-state index >= 15 is 0 Å². The van der Waals surface area contributed by atoms with E-state index < -0.39 is 12.3 Å². The van der Waals surface area contributed by atoms with E-state index in [1.807, 2.05) is 0 Å². The summed E-state index contributed by atoms with van der Waals surface area (Å²) in [6, 6.07) is 0.953. The van der Waals surface area contributed by atoms with E-state index in [0.717, 1.165) is 6.07 Å². The van der Waals surface area contributed by atoms with Gasteiger partial charge in [0.15, 0.2) is 0 Å². The summed E-state index contributed by atoms with van der Waals surface area (Å²) in [6.45, 7) is 1.40. The molecule has 0 radical (unpaired) electrons. The normalized spacial score (nSPS) is 10.6. The molecule has 0 spiro atoms. The van der Waals surface area contributed by atoms with E-state index in [1.165, 1.54) is 6.92 Å². The summed E-state index contributed by atoms with van der Waals surface area (Å²) in [4.78, 5) is 14.3. The number of pyridine rings is 1. The lowest BCUT2D eigenvalue weighted by Gasteiger charge is -2.07. The first-order chi connectivity index (χ1) is 6.43. The van der Waals surface area contributed by atoms with Crippen molar-refractivity contribution in [3.05, 3.63) is 28.0 Å². The molecular formula is C8H7ClF2N2O. The van der Waals surface area contributed by atoms with Crippen molar-refractivity contribution in [2.45, 2.75) is 13.3 Å². The van der Waals surface area contributed by atoms with E-state index in [4.69, 9.17) is 17.3 Å². The van der Waals surface area contributed by atoms with Crippen LogP contribution >= 0.6 is 11.6 Å². The average molecular weight is 221 g/mol. The largest absolute Gasteiger partial charge is 0.364 e. The SMILES string of the molecule is Cc1c(C(F)F)cc(C(N)=O)nc1Cl. The van der Waals surface area contributed by atoms with Crippen LogP contribution in [-0.4, -0.2) is 10.9 Å². The van der Waals surface area contributed by atoms with Crippen LogP contribution in [0.25, 0.3) is 0 Å². The van der Waals surface area contributed by atoms with Crippen molar-refractivity contribution in [1.29, 1.82) is 0 Å². The highest BCUT2D eigenvalue weighted by Crippen LogP contribution is 2.27. The molecule has 0 unspecified atom stereocenters. The first kappa shape index (κ1) is 10.8. The lowest BCUT2D eigenvalue weighted by atomic mass is 10.1. The molecule has 1 amide bonds. The number of carbonyl (C=O) groups excluding carboxylic acids is 1. The molecule has 0 bridgehead atoms. The van der Waals surface area contributed by atoms with Gasteiger partial charge in [-0.2, -0.15) is 0 Å². The van der Waals surface area contributed by atoms with E-state index in [-0.39, 0.29) is 22.0 Å². The van der Waals surface area contributed by atoms with Crippen LogP contribution in [0.3, 0.4) is 0 Å². The van der Waals surface area contributed by atoms with Gasteiger partial charge < -0.3 is 5.73 Å². The van der Waals surface area contributed by atoms with Crippen LogP contribution in [0.1, 0.15) is 28.0 Å². The number of nitrogens with zero attached hydrogens (tertiary/aromatic N) is 1. The molecule has 0 fully saturated rings. The first-order valence-corrected chi connectivity index (χ1v) is 4.06. The zero-order valence-corrected chi connectivity index (χ0v) is 7.98. The van der Waals surface area contributed by atoms with Crippen molar-refractivity contribution in [2.75, 3.05) is 0 Å². The highest BCUT2D eigenvalue weighted by molar-refractivity contribution is 6.30. The zero-order valence-electron chi connectivity index (χ0n) is 7.22. The summed E-state index contributed by atoms with van der Waals surface area (Å²) in [5.41, 5.74) is 4.48. The maximum absolute atomic E-state index is 12.4. The number of hydrogen-bond acceptors (Lipinski definition) is 2. The van der Waals surface area contributed by atoms with Gasteiger partial charge in [-0.25, -0.2) is 13.8 Å². The van der Waals surface area contributed by atoms with Gasteiger partial charge in [0.25, 0.3) is 12.3 Å². The van der Waals surface area contributed by atoms with E-state index in [1.54, 1.807) is 0 Å².